The average Bonchev–Trinajstić information content (AvgIpc) is 3.36. The summed E-state index contributed by atoms with van der Waals surface area (Å²) in [5.41, 5.74) is 3.99. The first-order chi connectivity index (χ1) is 11.3. The largest absolute Gasteiger partial charge is 0.369 e. The van der Waals surface area contributed by atoms with Crippen molar-refractivity contribution >= 4 is 5.69 Å². The summed E-state index contributed by atoms with van der Waals surface area (Å²) in [6.07, 6.45) is 10.1. The minimum absolute atomic E-state index is 0.803. The summed E-state index contributed by atoms with van der Waals surface area (Å²) < 4.78 is 0. The summed E-state index contributed by atoms with van der Waals surface area (Å²) in [6, 6.07) is 9.30. The molecule has 1 heterocycles. The first kappa shape index (κ1) is 15.5. The van der Waals surface area contributed by atoms with Crippen molar-refractivity contribution in [2.24, 2.45) is 5.41 Å². The molecule has 1 saturated heterocycles. The van der Waals surface area contributed by atoms with Crippen molar-refractivity contribution in [3.05, 3.63) is 29.8 Å². The van der Waals surface area contributed by atoms with Crippen LogP contribution in [0.4, 0.5) is 5.69 Å². The fourth-order valence-electron chi connectivity index (χ4n) is 4.87. The number of hydrogen-bond acceptors (Lipinski definition) is 2. The fraction of sp³-hybridized carbons (Fsp3) is 0.714. The van der Waals surface area contributed by atoms with E-state index in [0.717, 1.165) is 11.3 Å². The van der Waals surface area contributed by atoms with Crippen LogP contribution in [-0.4, -0.2) is 37.6 Å². The zero-order valence-electron chi connectivity index (χ0n) is 14.8. The van der Waals surface area contributed by atoms with Gasteiger partial charge in [-0.05, 0) is 74.5 Å². The lowest BCUT2D eigenvalue weighted by atomic mass is 9.76. The topological polar surface area (TPSA) is 6.48 Å². The molecule has 2 nitrogen and oxygen atoms in total. The first-order valence-electron chi connectivity index (χ1n) is 9.86. The van der Waals surface area contributed by atoms with Crippen LogP contribution in [0.3, 0.4) is 0 Å². The number of piperazine rings is 1. The fourth-order valence-corrected chi connectivity index (χ4v) is 4.87. The Kier molecular flexibility index (Phi) is 4.36. The van der Waals surface area contributed by atoms with E-state index in [1.54, 1.807) is 11.3 Å². The molecule has 3 aliphatic rings. The normalized spacial score (nSPS) is 25.0. The zero-order chi connectivity index (χ0) is 15.7. The van der Waals surface area contributed by atoms with Gasteiger partial charge < -0.3 is 4.90 Å². The highest BCUT2D eigenvalue weighted by Crippen LogP contribution is 2.59. The molecule has 0 bridgehead atoms. The van der Waals surface area contributed by atoms with Crippen LogP contribution >= 0.6 is 0 Å². The van der Waals surface area contributed by atoms with Gasteiger partial charge in [-0.3, -0.25) is 4.90 Å². The first-order valence-corrected chi connectivity index (χ1v) is 9.86. The van der Waals surface area contributed by atoms with Gasteiger partial charge in [0.05, 0.1) is 0 Å². The van der Waals surface area contributed by atoms with E-state index in [1.807, 2.05) is 0 Å². The molecule has 1 aromatic carbocycles. The molecule has 0 N–H and O–H groups in total. The summed E-state index contributed by atoms with van der Waals surface area (Å²) in [5, 5.41) is 0. The van der Waals surface area contributed by atoms with E-state index in [4.69, 9.17) is 0 Å². The summed E-state index contributed by atoms with van der Waals surface area (Å²) >= 11 is 0. The molecular weight excluding hydrogens is 280 g/mol. The number of benzene rings is 1. The Morgan fingerprint density at radius 3 is 2.30 bits per heavy atom. The van der Waals surface area contributed by atoms with E-state index in [1.165, 1.54) is 77.7 Å². The summed E-state index contributed by atoms with van der Waals surface area (Å²) in [4.78, 5) is 5.28. The smallest absolute Gasteiger partial charge is 0.0402 e. The highest BCUT2D eigenvalue weighted by Gasteiger charge is 2.45. The Morgan fingerprint density at radius 2 is 1.65 bits per heavy atom. The molecule has 23 heavy (non-hydrogen) atoms. The van der Waals surface area contributed by atoms with Gasteiger partial charge >= 0.3 is 0 Å². The molecule has 0 atom stereocenters. The standard InChI is InChI=1S/C21H32N2/c1-2-13-22-14-16-23(17-15-22)20-6-4-3-5-19(20)18-7-9-21(10-8-18)11-12-21/h3-6,18H,2,7-17H2,1H3. The maximum atomic E-state index is 2.66. The van der Waals surface area contributed by atoms with Gasteiger partial charge in [-0.25, -0.2) is 0 Å². The van der Waals surface area contributed by atoms with Crippen molar-refractivity contribution < 1.29 is 0 Å². The van der Waals surface area contributed by atoms with E-state index in [9.17, 15) is 0 Å². The van der Waals surface area contributed by atoms with Crippen LogP contribution < -0.4 is 4.90 Å². The van der Waals surface area contributed by atoms with Crippen molar-refractivity contribution in [2.45, 2.75) is 57.8 Å². The summed E-state index contributed by atoms with van der Waals surface area (Å²) in [7, 11) is 0. The van der Waals surface area contributed by atoms with Crippen molar-refractivity contribution in [1.82, 2.24) is 4.90 Å². The lowest BCUT2D eigenvalue weighted by Crippen LogP contribution is -2.46. The number of anilines is 1. The van der Waals surface area contributed by atoms with Gasteiger partial charge in [0.1, 0.15) is 0 Å². The predicted octanol–water partition coefficient (Wildman–Crippen LogP) is 4.66. The molecule has 1 aliphatic heterocycles. The molecule has 0 aromatic heterocycles. The zero-order valence-corrected chi connectivity index (χ0v) is 14.8. The molecule has 3 fully saturated rings. The quantitative estimate of drug-likeness (QED) is 0.798. The third-order valence-electron chi connectivity index (χ3n) is 6.63. The highest BCUT2D eigenvalue weighted by molar-refractivity contribution is 5.55. The van der Waals surface area contributed by atoms with Gasteiger partial charge in [-0.1, -0.05) is 25.1 Å². The number of hydrogen-bond donors (Lipinski definition) is 0. The lowest BCUT2D eigenvalue weighted by Gasteiger charge is -2.38. The predicted molar refractivity (Wildman–Crippen MR) is 98.3 cm³/mol. The Morgan fingerprint density at radius 1 is 0.957 bits per heavy atom. The number of rotatable bonds is 4. The van der Waals surface area contributed by atoms with Crippen molar-refractivity contribution in [3.8, 4) is 0 Å². The Balaban J connectivity index is 1.45. The van der Waals surface area contributed by atoms with Crippen LogP contribution in [0, 0.1) is 5.41 Å². The molecule has 2 saturated carbocycles. The maximum Gasteiger partial charge on any atom is 0.0402 e. The van der Waals surface area contributed by atoms with Crippen molar-refractivity contribution in [3.63, 3.8) is 0 Å². The summed E-state index contributed by atoms with van der Waals surface area (Å²) in [6.45, 7) is 8.42. The molecule has 2 heteroatoms. The Labute approximate surface area is 141 Å². The third-order valence-corrected chi connectivity index (χ3v) is 6.63. The van der Waals surface area contributed by atoms with Crippen LogP contribution in [0.5, 0.6) is 0 Å². The molecular formula is C21H32N2. The second kappa shape index (κ2) is 6.47. The van der Waals surface area contributed by atoms with Crippen LogP contribution in [0.25, 0.3) is 0 Å². The van der Waals surface area contributed by atoms with Gasteiger partial charge in [0, 0.05) is 31.9 Å². The minimum Gasteiger partial charge on any atom is -0.369 e. The summed E-state index contributed by atoms with van der Waals surface area (Å²) in [5.74, 6) is 0.811. The van der Waals surface area contributed by atoms with Crippen LogP contribution in [0.1, 0.15) is 63.4 Å². The van der Waals surface area contributed by atoms with Gasteiger partial charge in [0.2, 0.25) is 0 Å². The van der Waals surface area contributed by atoms with Crippen LogP contribution in [0.2, 0.25) is 0 Å². The lowest BCUT2D eigenvalue weighted by molar-refractivity contribution is 0.258. The van der Waals surface area contributed by atoms with Gasteiger partial charge in [0.15, 0.2) is 0 Å². The molecule has 1 aromatic rings. The molecule has 4 rings (SSSR count). The monoisotopic (exact) mass is 312 g/mol. The SMILES string of the molecule is CCCN1CCN(c2ccccc2C2CCC3(CC2)CC3)CC1. The van der Waals surface area contributed by atoms with E-state index in [0.29, 0.717) is 0 Å². The molecule has 0 amide bonds. The van der Waals surface area contributed by atoms with E-state index in [-0.39, 0.29) is 0 Å². The van der Waals surface area contributed by atoms with Crippen LogP contribution in [-0.2, 0) is 0 Å². The van der Waals surface area contributed by atoms with Gasteiger partial charge in [0.25, 0.3) is 0 Å². The van der Waals surface area contributed by atoms with Crippen LogP contribution in [0.15, 0.2) is 24.3 Å². The van der Waals surface area contributed by atoms with E-state index >= 15 is 0 Å². The second-order valence-corrected chi connectivity index (χ2v) is 8.16. The van der Waals surface area contributed by atoms with Gasteiger partial charge in [-0.2, -0.15) is 0 Å². The Bertz CT molecular complexity index is 516. The molecule has 126 valence electrons. The molecule has 1 spiro atoms. The minimum atomic E-state index is 0.803. The number of para-hydroxylation sites is 1. The maximum absolute atomic E-state index is 2.66. The Hall–Kier alpha value is -1.02. The highest BCUT2D eigenvalue weighted by atomic mass is 15.3. The average molecular weight is 313 g/mol. The second-order valence-electron chi connectivity index (χ2n) is 8.16. The molecule has 0 unspecified atom stereocenters. The number of nitrogens with zero attached hydrogens (tertiary/aromatic N) is 2. The van der Waals surface area contributed by atoms with Gasteiger partial charge in [-0.15, -0.1) is 0 Å². The van der Waals surface area contributed by atoms with E-state index in [2.05, 4.69) is 41.0 Å². The van der Waals surface area contributed by atoms with Crippen molar-refractivity contribution in [2.75, 3.05) is 37.6 Å². The van der Waals surface area contributed by atoms with Crippen molar-refractivity contribution in [1.29, 1.82) is 0 Å². The molecule has 2 aliphatic carbocycles. The third kappa shape index (κ3) is 3.28. The van der Waals surface area contributed by atoms with E-state index < -0.39 is 0 Å². The molecule has 0 radical (unpaired) electrons.